The normalized spacial score (nSPS) is 13.2. The van der Waals surface area contributed by atoms with Crippen molar-refractivity contribution in [3.05, 3.63) is 44.7 Å². The standard InChI is InChI=1S/C30H38Br2N2O4/c1-3-5-7-9-11-13-19-33-27(21-15-17-23(31)37-21)25-26(28(33)22-16-18-24(32)38-22)30(36)34(29(25)35)20-14-12-10-8-6-4-2/h15-18H,3-14,19-20H2,1-2H3. The molecule has 2 amide bonds. The average Bonchev–Trinajstić information content (AvgIpc) is 3.65. The monoisotopic (exact) mass is 648 g/mol. The second kappa shape index (κ2) is 13.8. The zero-order chi connectivity index (χ0) is 27.1. The number of unbranched alkanes of at least 4 members (excludes halogenated alkanes) is 10. The van der Waals surface area contributed by atoms with Gasteiger partial charge < -0.3 is 13.4 Å². The van der Waals surface area contributed by atoms with Gasteiger partial charge in [-0.15, -0.1) is 0 Å². The molecular weight excluding hydrogens is 612 g/mol. The van der Waals surface area contributed by atoms with E-state index < -0.39 is 0 Å². The molecule has 0 aromatic carbocycles. The van der Waals surface area contributed by atoms with Crippen molar-refractivity contribution >= 4 is 43.7 Å². The Morgan fingerprint density at radius 1 is 0.605 bits per heavy atom. The van der Waals surface area contributed by atoms with Crippen LogP contribution >= 0.6 is 31.9 Å². The van der Waals surface area contributed by atoms with Crippen LogP contribution in [0.1, 0.15) is 112 Å². The predicted octanol–water partition coefficient (Wildman–Crippen LogP) is 9.85. The first kappa shape index (κ1) is 28.9. The minimum atomic E-state index is -0.241. The number of hydrogen-bond acceptors (Lipinski definition) is 4. The summed E-state index contributed by atoms with van der Waals surface area (Å²) in [6.45, 7) is 5.51. The number of nitrogens with zero attached hydrogens (tertiary/aromatic N) is 2. The number of furan rings is 2. The van der Waals surface area contributed by atoms with Gasteiger partial charge in [0.1, 0.15) is 0 Å². The number of rotatable bonds is 16. The van der Waals surface area contributed by atoms with Gasteiger partial charge >= 0.3 is 0 Å². The van der Waals surface area contributed by atoms with E-state index in [-0.39, 0.29) is 11.8 Å². The molecule has 0 unspecified atom stereocenters. The lowest BCUT2D eigenvalue weighted by molar-refractivity contribution is 0.0650. The van der Waals surface area contributed by atoms with Crippen molar-refractivity contribution in [3.8, 4) is 22.9 Å². The number of aromatic nitrogens is 1. The Labute approximate surface area is 242 Å². The molecule has 0 saturated carbocycles. The molecule has 0 N–H and O–H groups in total. The third-order valence-electron chi connectivity index (χ3n) is 7.27. The second-order valence-corrected chi connectivity index (χ2v) is 11.7. The SMILES string of the molecule is CCCCCCCCN1C(=O)c2c(c(-c3ccc(Br)o3)n(CCCCCCCC)c2-c2ccc(Br)o2)C1=O. The molecule has 206 valence electrons. The van der Waals surface area contributed by atoms with Crippen LogP contribution in [0, 0.1) is 0 Å². The van der Waals surface area contributed by atoms with E-state index in [1.54, 1.807) is 0 Å². The fourth-order valence-corrected chi connectivity index (χ4v) is 5.93. The van der Waals surface area contributed by atoms with Crippen molar-refractivity contribution in [1.29, 1.82) is 0 Å². The lowest BCUT2D eigenvalue weighted by atomic mass is 10.1. The quantitative estimate of drug-likeness (QED) is 0.114. The molecule has 8 heteroatoms. The summed E-state index contributed by atoms with van der Waals surface area (Å²) in [5.41, 5.74) is 2.17. The third kappa shape index (κ3) is 6.39. The molecule has 1 aliphatic rings. The van der Waals surface area contributed by atoms with E-state index in [9.17, 15) is 9.59 Å². The van der Waals surface area contributed by atoms with Gasteiger partial charge in [-0.3, -0.25) is 14.5 Å². The summed E-state index contributed by atoms with van der Waals surface area (Å²) < 4.78 is 15.2. The first-order chi connectivity index (χ1) is 18.5. The molecule has 0 saturated heterocycles. The van der Waals surface area contributed by atoms with Gasteiger partial charge in [-0.1, -0.05) is 78.1 Å². The molecule has 0 atom stereocenters. The van der Waals surface area contributed by atoms with Crippen molar-refractivity contribution in [3.63, 3.8) is 0 Å². The topological polar surface area (TPSA) is 68.6 Å². The van der Waals surface area contributed by atoms with Gasteiger partial charge in [0.2, 0.25) is 0 Å². The van der Waals surface area contributed by atoms with Crippen molar-refractivity contribution in [2.45, 2.75) is 97.4 Å². The highest BCUT2D eigenvalue weighted by Crippen LogP contribution is 2.44. The van der Waals surface area contributed by atoms with Crippen LogP contribution < -0.4 is 0 Å². The summed E-state index contributed by atoms with van der Waals surface area (Å²) in [7, 11) is 0. The minimum absolute atomic E-state index is 0.241. The average molecular weight is 650 g/mol. The van der Waals surface area contributed by atoms with E-state index in [1.165, 1.54) is 49.8 Å². The summed E-state index contributed by atoms with van der Waals surface area (Å²) in [6.07, 6.45) is 13.4. The number of hydrogen-bond donors (Lipinski definition) is 0. The van der Waals surface area contributed by atoms with E-state index in [0.29, 0.717) is 56.5 Å². The fourth-order valence-electron chi connectivity index (χ4n) is 5.32. The maximum atomic E-state index is 13.8. The first-order valence-electron chi connectivity index (χ1n) is 14.1. The number of carbonyl (C=O) groups is 2. The van der Waals surface area contributed by atoms with E-state index in [2.05, 4.69) is 50.3 Å². The Morgan fingerprint density at radius 2 is 1.03 bits per heavy atom. The van der Waals surface area contributed by atoms with Crippen LogP contribution in [0.2, 0.25) is 0 Å². The Morgan fingerprint density at radius 3 is 1.45 bits per heavy atom. The molecule has 0 fully saturated rings. The van der Waals surface area contributed by atoms with Crippen LogP contribution in [0.3, 0.4) is 0 Å². The lowest BCUT2D eigenvalue weighted by Gasteiger charge is -2.18. The van der Waals surface area contributed by atoms with Gasteiger partial charge in [0.25, 0.3) is 11.8 Å². The molecule has 38 heavy (non-hydrogen) atoms. The Balaban J connectivity index is 1.69. The molecule has 0 bridgehead atoms. The van der Waals surface area contributed by atoms with Gasteiger partial charge in [-0.05, 0) is 69.0 Å². The third-order valence-corrected chi connectivity index (χ3v) is 8.12. The zero-order valence-corrected chi connectivity index (χ0v) is 25.7. The Hall–Kier alpha value is -2.06. The summed E-state index contributed by atoms with van der Waals surface area (Å²) in [5.74, 6) is 0.654. The molecule has 1 aliphatic heterocycles. The maximum absolute atomic E-state index is 13.8. The number of carbonyl (C=O) groups excluding carboxylic acids is 2. The van der Waals surface area contributed by atoms with Crippen LogP contribution in [0.25, 0.3) is 22.9 Å². The van der Waals surface area contributed by atoms with Crippen molar-refractivity contribution < 1.29 is 18.4 Å². The number of halogens is 2. The van der Waals surface area contributed by atoms with Crippen molar-refractivity contribution in [2.24, 2.45) is 0 Å². The van der Waals surface area contributed by atoms with Gasteiger partial charge in [-0.2, -0.15) is 0 Å². The molecule has 4 heterocycles. The Bertz CT molecular complexity index is 1160. The first-order valence-corrected chi connectivity index (χ1v) is 15.7. The van der Waals surface area contributed by atoms with Crippen LogP contribution in [0.15, 0.2) is 42.4 Å². The molecule has 6 nitrogen and oxygen atoms in total. The highest BCUT2D eigenvalue weighted by Gasteiger charge is 2.44. The zero-order valence-electron chi connectivity index (χ0n) is 22.5. The number of fused-ring (bicyclic) bond motifs is 1. The summed E-state index contributed by atoms with van der Waals surface area (Å²) in [6, 6.07) is 7.35. The van der Waals surface area contributed by atoms with Crippen LogP contribution in [-0.4, -0.2) is 27.8 Å². The van der Waals surface area contributed by atoms with E-state index >= 15 is 0 Å². The maximum Gasteiger partial charge on any atom is 0.263 e. The number of amides is 2. The van der Waals surface area contributed by atoms with E-state index in [0.717, 1.165) is 32.1 Å². The fraction of sp³-hybridized carbons (Fsp3) is 0.533. The van der Waals surface area contributed by atoms with Crippen LogP contribution in [-0.2, 0) is 6.54 Å². The molecule has 0 spiro atoms. The molecule has 3 aromatic heterocycles. The van der Waals surface area contributed by atoms with Crippen LogP contribution in [0.4, 0.5) is 0 Å². The van der Waals surface area contributed by atoms with Gasteiger partial charge in [-0.25, -0.2) is 0 Å². The molecular formula is C30H38Br2N2O4. The van der Waals surface area contributed by atoms with E-state index in [1.807, 2.05) is 24.3 Å². The highest BCUT2D eigenvalue weighted by molar-refractivity contribution is 9.10. The molecule has 3 aromatic rings. The highest BCUT2D eigenvalue weighted by atomic mass is 79.9. The van der Waals surface area contributed by atoms with Crippen LogP contribution in [0.5, 0.6) is 0 Å². The second-order valence-electron chi connectivity index (χ2n) is 10.1. The summed E-state index contributed by atoms with van der Waals surface area (Å²) in [4.78, 5) is 29.1. The van der Waals surface area contributed by atoms with Gasteiger partial charge in [0.15, 0.2) is 20.9 Å². The summed E-state index contributed by atoms with van der Waals surface area (Å²) in [5, 5.41) is 0. The molecule has 0 aliphatic carbocycles. The molecule has 4 rings (SSSR count). The minimum Gasteiger partial charge on any atom is -0.448 e. The smallest absolute Gasteiger partial charge is 0.263 e. The lowest BCUT2D eigenvalue weighted by Crippen LogP contribution is -2.31. The van der Waals surface area contributed by atoms with Gasteiger partial charge in [0, 0.05) is 13.1 Å². The van der Waals surface area contributed by atoms with Crippen molar-refractivity contribution in [2.75, 3.05) is 6.54 Å². The number of imide groups is 1. The largest absolute Gasteiger partial charge is 0.448 e. The summed E-state index contributed by atoms with van der Waals surface area (Å²) >= 11 is 6.83. The van der Waals surface area contributed by atoms with Crippen molar-refractivity contribution in [1.82, 2.24) is 9.47 Å². The van der Waals surface area contributed by atoms with Gasteiger partial charge in [0.05, 0.1) is 22.5 Å². The molecule has 0 radical (unpaired) electrons. The predicted molar refractivity (Wildman–Crippen MR) is 157 cm³/mol. The Kier molecular flexibility index (Phi) is 10.5. The van der Waals surface area contributed by atoms with E-state index in [4.69, 9.17) is 8.83 Å².